The number of hydrogen-bond acceptors (Lipinski definition) is 5. The van der Waals surface area contributed by atoms with Gasteiger partial charge >= 0.3 is 5.97 Å². The minimum atomic E-state index is -0.512. The van der Waals surface area contributed by atoms with Crippen LogP contribution >= 0.6 is 11.8 Å². The lowest BCUT2D eigenvalue weighted by Crippen LogP contribution is -2.38. The molecule has 0 unspecified atom stereocenters. The van der Waals surface area contributed by atoms with Gasteiger partial charge in [0.1, 0.15) is 0 Å². The summed E-state index contributed by atoms with van der Waals surface area (Å²) in [4.78, 5) is 35.2. The fraction of sp³-hybridized carbons (Fsp3) is 0.526. The van der Waals surface area contributed by atoms with Crippen LogP contribution in [0.5, 0.6) is 0 Å². The summed E-state index contributed by atoms with van der Waals surface area (Å²) < 4.78 is 4.91. The zero-order valence-electron chi connectivity index (χ0n) is 16.0. The molecule has 144 valence electrons. The minimum absolute atomic E-state index is 0.0181. The third-order valence-electron chi connectivity index (χ3n) is 3.86. The molecule has 2 amide bonds. The molecule has 1 aromatic rings. The monoisotopic (exact) mass is 380 g/mol. The highest BCUT2D eigenvalue weighted by Crippen LogP contribution is 2.16. The van der Waals surface area contributed by atoms with Crippen LogP contribution in [0.4, 0.5) is 5.69 Å². The van der Waals surface area contributed by atoms with Crippen molar-refractivity contribution in [2.45, 2.75) is 40.7 Å². The number of amides is 2. The lowest BCUT2D eigenvalue weighted by atomic mass is 10.1. The van der Waals surface area contributed by atoms with E-state index in [9.17, 15) is 14.4 Å². The molecule has 0 aliphatic rings. The van der Waals surface area contributed by atoms with Crippen LogP contribution in [0.3, 0.4) is 0 Å². The molecule has 26 heavy (non-hydrogen) atoms. The quantitative estimate of drug-likeness (QED) is 0.644. The normalized spacial score (nSPS) is 11.8. The standard InChI is InChI=1S/C19H28N2O4S/c1-12(2)15(5)20-17(22)9-25-19(24)11-26-10-18(23)21-16-7-6-13(3)8-14(16)4/h6-8,12,15H,9-11H2,1-5H3,(H,20,22)(H,21,23)/t15-/m0/s1. The van der Waals surface area contributed by atoms with E-state index in [4.69, 9.17) is 4.74 Å². The molecule has 7 heteroatoms. The number of hydrogen-bond donors (Lipinski definition) is 2. The first-order chi connectivity index (χ1) is 12.2. The van der Waals surface area contributed by atoms with Gasteiger partial charge in [0.05, 0.1) is 11.5 Å². The largest absolute Gasteiger partial charge is 0.455 e. The Morgan fingerprint density at radius 1 is 1.08 bits per heavy atom. The van der Waals surface area contributed by atoms with Crippen molar-refractivity contribution in [1.29, 1.82) is 0 Å². The number of benzene rings is 1. The molecule has 0 saturated heterocycles. The molecule has 1 rings (SSSR count). The Morgan fingerprint density at radius 3 is 2.38 bits per heavy atom. The van der Waals surface area contributed by atoms with E-state index in [0.29, 0.717) is 5.92 Å². The predicted molar refractivity (Wildman–Crippen MR) is 105 cm³/mol. The van der Waals surface area contributed by atoms with Gasteiger partial charge < -0.3 is 15.4 Å². The summed E-state index contributed by atoms with van der Waals surface area (Å²) in [5, 5.41) is 5.58. The number of thioether (sulfide) groups is 1. The van der Waals surface area contributed by atoms with Crippen molar-refractivity contribution in [2.75, 3.05) is 23.4 Å². The van der Waals surface area contributed by atoms with E-state index in [1.807, 2.05) is 52.8 Å². The van der Waals surface area contributed by atoms with Gasteiger partial charge in [0, 0.05) is 11.7 Å². The second-order valence-corrected chi connectivity index (χ2v) is 7.61. The zero-order valence-corrected chi connectivity index (χ0v) is 16.9. The van der Waals surface area contributed by atoms with Crippen molar-refractivity contribution >= 4 is 35.2 Å². The first-order valence-electron chi connectivity index (χ1n) is 8.59. The van der Waals surface area contributed by atoms with Gasteiger partial charge in [-0.3, -0.25) is 14.4 Å². The molecule has 0 spiro atoms. The number of rotatable bonds is 9. The Kier molecular flexibility index (Phi) is 9.19. The number of carbonyl (C=O) groups excluding carboxylic acids is 3. The van der Waals surface area contributed by atoms with Gasteiger partial charge in [-0.2, -0.15) is 0 Å². The average Bonchev–Trinajstić information content (AvgIpc) is 2.55. The SMILES string of the molecule is Cc1ccc(NC(=O)CSCC(=O)OCC(=O)N[C@@H](C)C(C)C)c(C)c1. The molecule has 0 bridgehead atoms. The fourth-order valence-corrected chi connectivity index (χ4v) is 2.63. The topological polar surface area (TPSA) is 84.5 Å². The van der Waals surface area contributed by atoms with Gasteiger partial charge in [-0.15, -0.1) is 11.8 Å². The first kappa shape index (κ1) is 22.0. The molecule has 0 aliphatic heterocycles. The average molecular weight is 381 g/mol. The minimum Gasteiger partial charge on any atom is -0.455 e. The number of aryl methyl sites for hydroxylation is 2. The Bertz CT molecular complexity index is 646. The van der Waals surface area contributed by atoms with Gasteiger partial charge in [-0.05, 0) is 38.3 Å². The molecular weight excluding hydrogens is 352 g/mol. The Hall–Kier alpha value is -2.02. The van der Waals surface area contributed by atoms with Crippen molar-refractivity contribution in [3.05, 3.63) is 29.3 Å². The van der Waals surface area contributed by atoms with Gasteiger partial charge in [0.15, 0.2) is 6.61 Å². The van der Waals surface area contributed by atoms with Gasteiger partial charge in [-0.1, -0.05) is 31.5 Å². The van der Waals surface area contributed by atoms with E-state index in [0.717, 1.165) is 28.6 Å². The number of anilines is 1. The number of carbonyl (C=O) groups is 3. The molecule has 1 aromatic carbocycles. The molecule has 0 aromatic heterocycles. The van der Waals surface area contributed by atoms with Gasteiger partial charge in [0.2, 0.25) is 5.91 Å². The highest BCUT2D eigenvalue weighted by atomic mass is 32.2. The Labute approximate surface area is 159 Å². The van der Waals surface area contributed by atoms with E-state index in [-0.39, 0.29) is 36.0 Å². The summed E-state index contributed by atoms with van der Waals surface area (Å²) in [5.74, 6) is -0.551. The summed E-state index contributed by atoms with van der Waals surface area (Å²) in [6.07, 6.45) is 0. The maximum absolute atomic E-state index is 11.9. The summed E-state index contributed by atoms with van der Waals surface area (Å²) >= 11 is 1.15. The predicted octanol–water partition coefficient (Wildman–Crippen LogP) is 2.68. The molecule has 2 N–H and O–H groups in total. The number of esters is 1. The van der Waals surface area contributed by atoms with Crippen molar-refractivity contribution in [3.63, 3.8) is 0 Å². The van der Waals surface area contributed by atoms with Crippen molar-refractivity contribution in [3.8, 4) is 0 Å². The Morgan fingerprint density at radius 2 is 1.77 bits per heavy atom. The lowest BCUT2D eigenvalue weighted by Gasteiger charge is -2.17. The summed E-state index contributed by atoms with van der Waals surface area (Å²) in [5.41, 5.74) is 2.88. The molecule has 1 atom stereocenters. The van der Waals surface area contributed by atoms with Crippen LogP contribution in [0.2, 0.25) is 0 Å². The fourth-order valence-electron chi connectivity index (χ4n) is 2.02. The van der Waals surface area contributed by atoms with E-state index in [2.05, 4.69) is 10.6 Å². The summed E-state index contributed by atoms with van der Waals surface area (Å²) in [6, 6.07) is 5.80. The van der Waals surface area contributed by atoms with Crippen LogP contribution in [-0.2, 0) is 19.1 Å². The van der Waals surface area contributed by atoms with Gasteiger partial charge in [-0.25, -0.2) is 0 Å². The van der Waals surface area contributed by atoms with Crippen LogP contribution in [-0.4, -0.2) is 41.9 Å². The number of nitrogens with one attached hydrogen (secondary N) is 2. The maximum Gasteiger partial charge on any atom is 0.316 e. The van der Waals surface area contributed by atoms with Crippen LogP contribution in [0, 0.1) is 19.8 Å². The zero-order chi connectivity index (χ0) is 19.7. The molecule has 0 saturated carbocycles. The molecule has 6 nitrogen and oxygen atoms in total. The first-order valence-corrected chi connectivity index (χ1v) is 9.74. The smallest absolute Gasteiger partial charge is 0.316 e. The molecule has 0 aliphatic carbocycles. The van der Waals surface area contributed by atoms with E-state index in [1.54, 1.807) is 0 Å². The van der Waals surface area contributed by atoms with E-state index < -0.39 is 5.97 Å². The summed E-state index contributed by atoms with van der Waals surface area (Å²) in [7, 11) is 0. The third-order valence-corrected chi connectivity index (χ3v) is 4.77. The summed E-state index contributed by atoms with van der Waals surface area (Å²) in [6.45, 7) is 9.51. The maximum atomic E-state index is 11.9. The highest BCUT2D eigenvalue weighted by molar-refractivity contribution is 8.00. The van der Waals surface area contributed by atoms with Crippen molar-refractivity contribution < 1.29 is 19.1 Å². The third kappa shape index (κ3) is 8.38. The molecule has 0 fully saturated rings. The molecular formula is C19H28N2O4S. The Balaban J connectivity index is 2.24. The second kappa shape index (κ2) is 10.9. The van der Waals surface area contributed by atoms with Crippen molar-refractivity contribution in [2.24, 2.45) is 5.92 Å². The van der Waals surface area contributed by atoms with Crippen LogP contribution < -0.4 is 10.6 Å². The van der Waals surface area contributed by atoms with Gasteiger partial charge in [0.25, 0.3) is 5.91 Å². The van der Waals surface area contributed by atoms with Crippen LogP contribution in [0.25, 0.3) is 0 Å². The highest BCUT2D eigenvalue weighted by Gasteiger charge is 2.13. The van der Waals surface area contributed by atoms with Crippen molar-refractivity contribution in [1.82, 2.24) is 5.32 Å². The van der Waals surface area contributed by atoms with Crippen LogP contribution in [0.1, 0.15) is 31.9 Å². The van der Waals surface area contributed by atoms with E-state index in [1.165, 1.54) is 0 Å². The van der Waals surface area contributed by atoms with Crippen LogP contribution in [0.15, 0.2) is 18.2 Å². The molecule has 0 heterocycles. The number of ether oxygens (including phenoxy) is 1. The molecule has 0 radical (unpaired) electrons. The van der Waals surface area contributed by atoms with E-state index >= 15 is 0 Å². The lowest BCUT2D eigenvalue weighted by molar-refractivity contribution is -0.146. The second-order valence-electron chi connectivity index (χ2n) is 6.62.